The molecule has 0 amide bonds. The maximum absolute atomic E-state index is 9.49. The van der Waals surface area contributed by atoms with Crippen LogP contribution in [0.2, 0.25) is 0 Å². The first kappa shape index (κ1) is 14.0. The number of likely N-dealkylation sites (N-methyl/N-ethyl adjacent to an activating group) is 1. The Morgan fingerprint density at radius 3 is 2.65 bits per heavy atom. The number of aliphatic hydroxyl groups is 1. The van der Waals surface area contributed by atoms with Gasteiger partial charge in [0.2, 0.25) is 0 Å². The average Bonchev–Trinajstić information content (AvgIpc) is 2.36. The molecule has 0 radical (unpaired) electrons. The van der Waals surface area contributed by atoms with E-state index < -0.39 is 0 Å². The third kappa shape index (κ3) is 6.29. The fourth-order valence-electron chi connectivity index (χ4n) is 1.62. The summed E-state index contributed by atoms with van der Waals surface area (Å²) in [6.07, 6.45) is 1.57. The molecule has 1 rings (SSSR count). The van der Waals surface area contributed by atoms with E-state index in [4.69, 9.17) is 4.74 Å². The molecule has 0 bridgehead atoms. The Kier molecular flexibility index (Phi) is 6.67. The van der Waals surface area contributed by atoms with Crippen molar-refractivity contribution in [2.45, 2.75) is 25.9 Å². The second-order valence-electron chi connectivity index (χ2n) is 4.34. The lowest BCUT2D eigenvalue weighted by molar-refractivity contribution is 0.119. The molecule has 0 aromatic heterocycles. The van der Waals surface area contributed by atoms with E-state index in [0.717, 1.165) is 38.3 Å². The van der Waals surface area contributed by atoms with Crippen molar-refractivity contribution in [3.63, 3.8) is 0 Å². The van der Waals surface area contributed by atoms with Crippen molar-refractivity contribution in [2.24, 2.45) is 0 Å². The number of ether oxygens (including phenoxy) is 1. The smallest absolute Gasteiger partial charge is 0.119 e. The summed E-state index contributed by atoms with van der Waals surface area (Å²) in [6.45, 7) is 4.40. The normalized spacial score (nSPS) is 12.7. The lowest BCUT2D eigenvalue weighted by Gasteiger charge is -2.19. The molecule has 0 heterocycles. The third-order valence-corrected chi connectivity index (χ3v) is 2.69. The molecule has 1 N–H and O–H groups in total. The Morgan fingerprint density at radius 1 is 1.29 bits per heavy atom. The van der Waals surface area contributed by atoms with Crippen LogP contribution >= 0.6 is 0 Å². The van der Waals surface area contributed by atoms with Crippen LogP contribution < -0.4 is 4.74 Å². The van der Waals surface area contributed by atoms with Gasteiger partial charge in [0.25, 0.3) is 0 Å². The molecule has 0 saturated heterocycles. The van der Waals surface area contributed by atoms with Crippen LogP contribution in [-0.4, -0.2) is 42.9 Å². The van der Waals surface area contributed by atoms with Gasteiger partial charge in [-0.1, -0.05) is 25.1 Å². The second-order valence-corrected chi connectivity index (χ2v) is 4.34. The third-order valence-electron chi connectivity index (χ3n) is 2.69. The van der Waals surface area contributed by atoms with Crippen molar-refractivity contribution >= 4 is 0 Å². The molecule has 1 atom stereocenters. The van der Waals surface area contributed by atoms with Gasteiger partial charge < -0.3 is 14.7 Å². The van der Waals surface area contributed by atoms with Crippen molar-refractivity contribution < 1.29 is 9.84 Å². The Labute approximate surface area is 104 Å². The molecule has 0 fully saturated rings. The zero-order valence-corrected chi connectivity index (χ0v) is 10.8. The van der Waals surface area contributed by atoms with Crippen molar-refractivity contribution in [1.29, 1.82) is 0 Å². The van der Waals surface area contributed by atoms with Crippen molar-refractivity contribution in [1.82, 2.24) is 4.90 Å². The van der Waals surface area contributed by atoms with E-state index in [0.29, 0.717) is 0 Å². The maximum Gasteiger partial charge on any atom is 0.119 e. The van der Waals surface area contributed by atoms with Gasteiger partial charge in [0, 0.05) is 13.1 Å². The van der Waals surface area contributed by atoms with Crippen LogP contribution in [0.1, 0.15) is 19.8 Å². The van der Waals surface area contributed by atoms with Gasteiger partial charge in [0.15, 0.2) is 0 Å². The first-order valence-electron chi connectivity index (χ1n) is 6.26. The van der Waals surface area contributed by atoms with E-state index >= 15 is 0 Å². The minimum Gasteiger partial charge on any atom is -0.494 e. The second kappa shape index (κ2) is 8.09. The van der Waals surface area contributed by atoms with Gasteiger partial charge in [-0.3, -0.25) is 0 Å². The summed E-state index contributed by atoms with van der Waals surface area (Å²) in [5.74, 6) is 0.920. The molecule has 0 aliphatic carbocycles. The Balaban J connectivity index is 2.08. The lowest BCUT2D eigenvalue weighted by atomic mass is 10.2. The molecule has 1 aromatic rings. The van der Waals surface area contributed by atoms with Crippen LogP contribution in [0.3, 0.4) is 0 Å². The predicted molar refractivity (Wildman–Crippen MR) is 70.3 cm³/mol. The first-order chi connectivity index (χ1) is 8.22. The quantitative estimate of drug-likeness (QED) is 0.703. The van der Waals surface area contributed by atoms with Crippen molar-refractivity contribution in [3.8, 4) is 5.75 Å². The molecule has 0 spiro atoms. The molecule has 3 heteroatoms. The van der Waals surface area contributed by atoms with E-state index in [1.54, 1.807) is 0 Å². The van der Waals surface area contributed by atoms with Crippen molar-refractivity contribution in [3.05, 3.63) is 30.3 Å². The zero-order chi connectivity index (χ0) is 12.5. The number of aliphatic hydroxyl groups excluding tert-OH is 1. The predicted octanol–water partition coefficient (Wildman–Crippen LogP) is 2.16. The summed E-state index contributed by atoms with van der Waals surface area (Å²) >= 11 is 0. The summed E-state index contributed by atoms with van der Waals surface area (Å²) < 4.78 is 5.60. The van der Waals surface area contributed by atoms with Gasteiger partial charge in [-0.15, -0.1) is 0 Å². The van der Waals surface area contributed by atoms with Gasteiger partial charge >= 0.3 is 0 Å². The highest BCUT2D eigenvalue weighted by atomic mass is 16.5. The maximum atomic E-state index is 9.49. The first-order valence-corrected chi connectivity index (χ1v) is 6.26. The van der Waals surface area contributed by atoms with Gasteiger partial charge in [-0.25, -0.2) is 0 Å². The largest absolute Gasteiger partial charge is 0.494 e. The van der Waals surface area contributed by atoms with Crippen LogP contribution in [0.25, 0.3) is 0 Å². The van der Waals surface area contributed by atoms with Crippen LogP contribution in [0, 0.1) is 0 Å². The van der Waals surface area contributed by atoms with Gasteiger partial charge in [0.05, 0.1) is 12.7 Å². The Bertz CT molecular complexity index is 290. The fraction of sp³-hybridized carbons (Fsp3) is 0.571. The van der Waals surface area contributed by atoms with E-state index in [-0.39, 0.29) is 6.10 Å². The monoisotopic (exact) mass is 237 g/mol. The van der Waals surface area contributed by atoms with Crippen LogP contribution in [-0.2, 0) is 0 Å². The summed E-state index contributed by atoms with van der Waals surface area (Å²) in [7, 11) is 2.03. The summed E-state index contributed by atoms with van der Waals surface area (Å²) in [5, 5.41) is 9.49. The standard InChI is InChI=1S/C14H23NO2/c1-3-13(16)12-15(2)10-7-11-17-14-8-5-4-6-9-14/h4-6,8-9,13,16H,3,7,10-12H2,1-2H3/t13-/m1/s1. The van der Waals surface area contributed by atoms with Crippen LogP contribution in [0.4, 0.5) is 0 Å². The lowest BCUT2D eigenvalue weighted by Crippen LogP contribution is -2.30. The molecule has 1 aromatic carbocycles. The minimum atomic E-state index is -0.213. The topological polar surface area (TPSA) is 32.7 Å². The summed E-state index contributed by atoms with van der Waals surface area (Å²) in [4.78, 5) is 2.14. The van der Waals surface area contributed by atoms with Crippen molar-refractivity contribution in [2.75, 3.05) is 26.7 Å². The van der Waals surface area contributed by atoms with Gasteiger partial charge in [0.1, 0.15) is 5.75 Å². The van der Waals surface area contributed by atoms with Crippen LogP contribution in [0.15, 0.2) is 30.3 Å². The van der Waals surface area contributed by atoms with E-state index in [1.807, 2.05) is 44.3 Å². The van der Waals surface area contributed by atoms with E-state index in [1.165, 1.54) is 0 Å². The number of hydrogen-bond acceptors (Lipinski definition) is 3. The molecule has 96 valence electrons. The van der Waals surface area contributed by atoms with E-state index in [2.05, 4.69) is 4.90 Å². The molecular weight excluding hydrogens is 214 g/mol. The molecule has 17 heavy (non-hydrogen) atoms. The molecule has 0 saturated carbocycles. The average molecular weight is 237 g/mol. The molecule has 0 unspecified atom stereocenters. The van der Waals surface area contributed by atoms with E-state index in [9.17, 15) is 5.11 Å². The molecule has 0 aliphatic rings. The highest BCUT2D eigenvalue weighted by molar-refractivity contribution is 5.20. The molecule has 0 aliphatic heterocycles. The summed E-state index contributed by atoms with van der Waals surface area (Å²) in [6, 6.07) is 9.85. The van der Waals surface area contributed by atoms with Gasteiger partial charge in [-0.2, -0.15) is 0 Å². The SMILES string of the molecule is CC[C@@H](O)CN(C)CCCOc1ccccc1. The minimum absolute atomic E-state index is 0.213. The highest BCUT2D eigenvalue weighted by Crippen LogP contribution is 2.08. The Hall–Kier alpha value is -1.06. The van der Waals surface area contributed by atoms with Crippen LogP contribution in [0.5, 0.6) is 5.75 Å². The zero-order valence-electron chi connectivity index (χ0n) is 10.8. The summed E-state index contributed by atoms with van der Waals surface area (Å²) in [5.41, 5.74) is 0. The number of benzene rings is 1. The fourth-order valence-corrected chi connectivity index (χ4v) is 1.62. The number of para-hydroxylation sites is 1. The molecule has 3 nitrogen and oxygen atoms in total. The molecular formula is C14H23NO2. The highest BCUT2D eigenvalue weighted by Gasteiger charge is 2.05. The number of rotatable bonds is 8. The Morgan fingerprint density at radius 2 is 2.00 bits per heavy atom. The number of nitrogens with zero attached hydrogens (tertiary/aromatic N) is 1. The van der Waals surface area contributed by atoms with Gasteiger partial charge in [-0.05, 0) is 32.0 Å². The number of hydrogen-bond donors (Lipinski definition) is 1.